The topological polar surface area (TPSA) is 9.23 Å². The zero-order valence-electron chi connectivity index (χ0n) is 9.50. The van der Waals surface area contributed by atoms with E-state index in [1.54, 1.807) is 7.11 Å². The summed E-state index contributed by atoms with van der Waals surface area (Å²) < 4.78 is 5.27. The molecule has 77 valence electrons. The lowest BCUT2D eigenvalue weighted by Gasteiger charge is -2.13. The van der Waals surface area contributed by atoms with Crippen molar-refractivity contribution in [2.45, 2.75) is 32.6 Å². The van der Waals surface area contributed by atoms with Crippen molar-refractivity contribution in [2.24, 2.45) is 0 Å². The molecule has 0 aliphatic heterocycles. The van der Waals surface area contributed by atoms with Crippen molar-refractivity contribution in [1.82, 2.24) is 0 Å². The minimum absolute atomic E-state index is 0.308. The summed E-state index contributed by atoms with van der Waals surface area (Å²) in [5.41, 5.74) is 2.56. The minimum atomic E-state index is 0.308. The van der Waals surface area contributed by atoms with Gasteiger partial charge in [0, 0.05) is 0 Å². The van der Waals surface area contributed by atoms with Gasteiger partial charge < -0.3 is 4.74 Å². The maximum atomic E-state index is 5.27. The molecule has 0 saturated heterocycles. The van der Waals surface area contributed by atoms with Gasteiger partial charge in [-0.25, -0.2) is 0 Å². The van der Waals surface area contributed by atoms with E-state index in [0.29, 0.717) is 11.8 Å². The smallest absolute Gasteiger partial charge is 0.119 e. The highest BCUT2D eigenvalue weighted by Gasteiger charge is 2.06. The number of rotatable bonds is 3. The molecule has 0 fully saturated rings. The average Bonchev–Trinajstić information content (AvgIpc) is 2.16. The number of ether oxygens (including phenoxy) is 1. The van der Waals surface area contributed by atoms with Crippen molar-refractivity contribution in [2.75, 3.05) is 7.11 Å². The second-order valence-corrected chi connectivity index (χ2v) is 4.10. The van der Waals surface area contributed by atoms with Gasteiger partial charge in [0.05, 0.1) is 7.11 Å². The molecule has 1 aromatic rings. The van der Waals surface area contributed by atoms with Crippen molar-refractivity contribution in [1.29, 1.82) is 0 Å². The normalized spacial score (nSPS) is 11.1. The molecule has 0 aromatic heterocycles. The molecule has 0 amide bonds. The summed E-state index contributed by atoms with van der Waals surface area (Å²) >= 11 is 0. The molecule has 1 nitrogen and oxygen atoms in total. The third-order valence-corrected chi connectivity index (χ3v) is 2.42. The highest BCUT2D eigenvalue weighted by Crippen LogP contribution is 2.26. The van der Waals surface area contributed by atoms with Crippen molar-refractivity contribution < 1.29 is 4.74 Å². The predicted octanol–water partition coefficient (Wildman–Crippen LogP) is 3.76. The maximum absolute atomic E-state index is 5.27. The molecule has 0 aliphatic rings. The fourth-order valence-corrected chi connectivity index (χ4v) is 1.38. The first-order valence-electron chi connectivity index (χ1n) is 5.06. The molecule has 0 saturated carbocycles. The number of methoxy groups -OCH3 is 1. The molecule has 14 heavy (non-hydrogen) atoms. The summed E-state index contributed by atoms with van der Waals surface area (Å²) in [4.78, 5) is 0. The quantitative estimate of drug-likeness (QED) is 0.707. The van der Waals surface area contributed by atoms with Crippen LogP contribution in [0, 0.1) is 6.92 Å². The lowest BCUT2D eigenvalue weighted by atomic mass is 9.95. The molecule has 0 heterocycles. The molecule has 0 bridgehead atoms. The zero-order valence-corrected chi connectivity index (χ0v) is 9.50. The molecule has 1 unspecified atom stereocenters. The van der Waals surface area contributed by atoms with Gasteiger partial charge >= 0.3 is 0 Å². The highest BCUT2D eigenvalue weighted by atomic mass is 16.5. The first-order valence-corrected chi connectivity index (χ1v) is 5.06. The highest BCUT2D eigenvalue weighted by molar-refractivity contribution is 5.37. The third kappa shape index (κ3) is 2.50. The Morgan fingerprint density at radius 1 is 1.07 bits per heavy atom. The van der Waals surface area contributed by atoms with E-state index in [4.69, 9.17) is 4.74 Å². The molecule has 1 heteroatoms. The number of hydrogen-bond donors (Lipinski definition) is 0. The second-order valence-electron chi connectivity index (χ2n) is 4.10. The minimum Gasteiger partial charge on any atom is -0.497 e. The summed E-state index contributed by atoms with van der Waals surface area (Å²) in [7, 11) is 1.71. The Kier molecular flexibility index (Phi) is 3.56. The van der Waals surface area contributed by atoms with Gasteiger partial charge in [0.2, 0.25) is 0 Å². The Morgan fingerprint density at radius 2 is 1.64 bits per heavy atom. The number of benzene rings is 1. The molecule has 1 aromatic carbocycles. The van der Waals surface area contributed by atoms with Crippen LogP contribution in [0.15, 0.2) is 18.2 Å². The molecule has 0 spiro atoms. The molecular weight excluding hydrogens is 172 g/mol. The van der Waals surface area contributed by atoms with Crippen LogP contribution in [0.4, 0.5) is 0 Å². The maximum Gasteiger partial charge on any atom is 0.119 e. The Morgan fingerprint density at radius 3 is 2.07 bits per heavy atom. The molecular formula is C13H19O. The summed E-state index contributed by atoms with van der Waals surface area (Å²) in [5.74, 6) is 1.77. The van der Waals surface area contributed by atoms with Gasteiger partial charge in [0.1, 0.15) is 5.75 Å². The first-order chi connectivity index (χ1) is 6.54. The van der Waals surface area contributed by atoms with E-state index < -0.39 is 0 Å². The largest absolute Gasteiger partial charge is 0.497 e. The van der Waals surface area contributed by atoms with Crippen molar-refractivity contribution in [3.8, 4) is 5.75 Å². The predicted molar refractivity (Wildman–Crippen MR) is 60.9 cm³/mol. The van der Waals surface area contributed by atoms with E-state index in [2.05, 4.69) is 45.9 Å². The molecule has 1 radical (unpaired) electrons. The van der Waals surface area contributed by atoms with Crippen LogP contribution in [0.25, 0.3) is 0 Å². The van der Waals surface area contributed by atoms with E-state index >= 15 is 0 Å². The Labute approximate surface area is 87.1 Å². The summed E-state index contributed by atoms with van der Waals surface area (Å²) in [6.45, 7) is 10.5. The van der Waals surface area contributed by atoms with Gasteiger partial charge in [-0.2, -0.15) is 0 Å². The van der Waals surface area contributed by atoms with Crippen LogP contribution in [-0.2, 0) is 0 Å². The van der Waals surface area contributed by atoms with Gasteiger partial charge in [0.25, 0.3) is 0 Å². The van der Waals surface area contributed by atoms with Crippen LogP contribution >= 0.6 is 0 Å². The van der Waals surface area contributed by atoms with Gasteiger partial charge in [-0.15, -0.1) is 0 Å². The SMILES string of the molecule is [CH2]C(C)c1cc(OC)cc(C(C)C)c1. The van der Waals surface area contributed by atoms with Crippen molar-refractivity contribution in [3.05, 3.63) is 36.2 Å². The van der Waals surface area contributed by atoms with Crippen molar-refractivity contribution in [3.63, 3.8) is 0 Å². The van der Waals surface area contributed by atoms with Gasteiger partial charge in [0.15, 0.2) is 0 Å². The van der Waals surface area contributed by atoms with Crippen LogP contribution < -0.4 is 4.74 Å². The fraction of sp³-hybridized carbons (Fsp3) is 0.462. The Hall–Kier alpha value is -0.980. The molecule has 1 atom stereocenters. The van der Waals surface area contributed by atoms with E-state index in [9.17, 15) is 0 Å². The third-order valence-electron chi connectivity index (χ3n) is 2.42. The summed E-state index contributed by atoms with van der Waals surface area (Å²) in [6.07, 6.45) is 0. The first kappa shape index (κ1) is 11.1. The van der Waals surface area contributed by atoms with Crippen molar-refractivity contribution >= 4 is 0 Å². The lowest BCUT2D eigenvalue weighted by Crippen LogP contribution is -1.95. The van der Waals surface area contributed by atoms with E-state index in [-0.39, 0.29) is 0 Å². The van der Waals surface area contributed by atoms with Crippen LogP contribution in [0.1, 0.15) is 43.7 Å². The van der Waals surface area contributed by atoms with Crippen LogP contribution in [0.3, 0.4) is 0 Å². The molecule has 0 N–H and O–H groups in total. The number of hydrogen-bond acceptors (Lipinski definition) is 1. The van der Waals surface area contributed by atoms with Gasteiger partial charge in [-0.05, 0) is 42.0 Å². The lowest BCUT2D eigenvalue weighted by molar-refractivity contribution is 0.413. The van der Waals surface area contributed by atoms with E-state index in [1.165, 1.54) is 11.1 Å². The van der Waals surface area contributed by atoms with E-state index in [1.807, 2.05) is 0 Å². The molecule has 1 rings (SSSR count). The fourth-order valence-electron chi connectivity index (χ4n) is 1.38. The van der Waals surface area contributed by atoms with Crippen LogP contribution in [0.2, 0.25) is 0 Å². The molecule has 0 aliphatic carbocycles. The second kappa shape index (κ2) is 4.50. The standard InChI is InChI=1S/C13H19O/c1-9(2)11-6-12(10(3)4)8-13(7-11)14-5/h6-10H,1H2,2-5H3. The zero-order chi connectivity index (χ0) is 10.7. The van der Waals surface area contributed by atoms with Gasteiger partial charge in [-0.3, -0.25) is 0 Å². The summed E-state index contributed by atoms with van der Waals surface area (Å²) in [6, 6.07) is 6.37. The summed E-state index contributed by atoms with van der Waals surface area (Å²) in [5, 5.41) is 0. The van der Waals surface area contributed by atoms with Crippen LogP contribution in [-0.4, -0.2) is 7.11 Å². The average molecular weight is 191 g/mol. The van der Waals surface area contributed by atoms with E-state index in [0.717, 1.165) is 5.75 Å². The monoisotopic (exact) mass is 191 g/mol. The Bertz CT molecular complexity index is 274. The van der Waals surface area contributed by atoms with Gasteiger partial charge in [-0.1, -0.05) is 26.8 Å². The van der Waals surface area contributed by atoms with Crippen LogP contribution in [0.5, 0.6) is 5.75 Å². The Balaban J connectivity index is 3.13.